The van der Waals surface area contributed by atoms with E-state index < -0.39 is 23.8 Å². The molecule has 8 heteroatoms. The summed E-state index contributed by atoms with van der Waals surface area (Å²) in [6.07, 6.45) is 3.45. The van der Waals surface area contributed by atoms with Crippen molar-refractivity contribution < 1.29 is 29.4 Å². The van der Waals surface area contributed by atoms with Gasteiger partial charge in [-0.25, -0.2) is 9.59 Å². The predicted octanol–water partition coefficient (Wildman–Crippen LogP) is 5.18. The SMILES string of the molecule is O=C(O)/C=C/C(=O)Nc1ccc(C(c2ccc(NC(=O)/C=C/C(=O)O)cc2)c2cccc3ccccc23)cc1. The Bertz CT molecular complexity index is 1500. The van der Waals surface area contributed by atoms with Gasteiger partial charge in [-0.3, -0.25) is 9.59 Å². The van der Waals surface area contributed by atoms with Gasteiger partial charge in [-0.05, 0) is 51.7 Å². The molecular weight excluding hydrogens is 496 g/mol. The highest BCUT2D eigenvalue weighted by Crippen LogP contribution is 2.37. The van der Waals surface area contributed by atoms with Gasteiger partial charge in [-0.2, -0.15) is 0 Å². The number of carboxylic acid groups (broad SMARTS) is 2. The van der Waals surface area contributed by atoms with Crippen LogP contribution in [0.1, 0.15) is 22.6 Å². The van der Waals surface area contributed by atoms with Gasteiger partial charge in [0.05, 0.1) is 0 Å². The third-order valence-electron chi connectivity index (χ3n) is 5.91. The molecule has 0 radical (unpaired) electrons. The Hall–Kier alpha value is -5.50. The summed E-state index contributed by atoms with van der Waals surface area (Å²) in [6, 6.07) is 28.8. The van der Waals surface area contributed by atoms with Crippen LogP contribution in [0.4, 0.5) is 11.4 Å². The fraction of sp³-hybridized carbons (Fsp3) is 0.0323. The Morgan fingerprint density at radius 1 is 0.564 bits per heavy atom. The molecule has 194 valence electrons. The Balaban J connectivity index is 1.68. The second-order valence-electron chi connectivity index (χ2n) is 8.57. The van der Waals surface area contributed by atoms with E-state index in [2.05, 4.69) is 22.8 Å². The van der Waals surface area contributed by atoms with Crippen LogP contribution in [0.2, 0.25) is 0 Å². The molecule has 4 aromatic carbocycles. The van der Waals surface area contributed by atoms with Crippen molar-refractivity contribution in [3.63, 3.8) is 0 Å². The summed E-state index contributed by atoms with van der Waals surface area (Å²) in [5, 5.41) is 24.9. The molecule has 0 saturated heterocycles. The normalized spacial score (nSPS) is 11.2. The number of aliphatic carboxylic acids is 2. The minimum Gasteiger partial charge on any atom is -0.478 e. The minimum atomic E-state index is -1.21. The van der Waals surface area contributed by atoms with Crippen LogP contribution in [0.25, 0.3) is 10.8 Å². The first-order chi connectivity index (χ1) is 18.8. The molecule has 0 bridgehead atoms. The van der Waals surface area contributed by atoms with Gasteiger partial charge in [0.2, 0.25) is 11.8 Å². The number of benzene rings is 4. The van der Waals surface area contributed by atoms with Gasteiger partial charge in [-0.15, -0.1) is 0 Å². The molecule has 0 aliphatic rings. The first-order valence-corrected chi connectivity index (χ1v) is 11.9. The van der Waals surface area contributed by atoms with Crippen molar-refractivity contribution in [3.05, 3.63) is 132 Å². The van der Waals surface area contributed by atoms with Crippen LogP contribution >= 0.6 is 0 Å². The molecule has 0 saturated carbocycles. The van der Waals surface area contributed by atoms with Crippen LogP contribution in [0.15, 0.2) is 115 Å². The smallest absolute Gasteiger partial charge is 0.328 e. The molecule has 0 aliphatic carbocycles. The first-order valence-electron chi connectivity index (χ1n) is 11.9. The molecule has 39 heavy (non-hydrogen) atoms. The lowest BCUT2D eigenvalue weighted by Crippen LogP contribution is -2.10. The number of nitrogens with one attached hydrogen (secondary N) is 2. The number of carbonyl (C=O) groups excluding carboxylic acids is 2. The molecule has 2 amide bonds. The molecule has 4 N–H and O–H groups in total. The van der Waals surface area contributed by atoms with Gasteiger partial charge in [0, 0.05) is 41.6 Å². The molecule has 0 aliphatic heterocycles. The van der Waals surface area contributed by atoms with Crippen LogP contribution in [0, 0.1) is 0 Å². The topological polar surface area (TPSA) is 133 Å². The average Bonchev–Trinajstić information content (AvgIpc) is 2.93. The molecule has 0 fully saturated rings. The molecule has 0 atom stereocenters. The second kappa shape index (κ2) is 12.2. The summed E-state index contributed by atoms with van der Waals surface area (Å²) in [7, 11) is 0. The van der Waals surface area contributed by atoms with Crippen LogP contribution < -0.4 is 10.6 Å². The number of carboxylic acids is 2. The second-order valence-corrected chi connectivity index (χ2v) is 8.57. The third-order valence-corrected chi connectivity index (χ3v) is 5.91. The van der Waals surface area contributed by atoms with Gasteiger partial charge >= 0.3 is 11.9 Å². The lowest BCUT2D eigenvalue weighted by Gasteiger charge is -2.21. The Morgan fingerprint density at radius 2 is 1.03 bits per heavy atom. The maximum Gasteiger partial charge on any atom is 0.328 e. The van der Waals surface area contributed by atoms with Gasteiger partial charge < -0.3 is 20.8 Å². The zero-order valence-electron chi connectivity index (χ0n) is 20.6. The molecular formula is C31H24N2O6. The Labute approximate surface area is 223 Å². The molecule has 8 nitrogen and oxygen atoms in total. The van der Waals surface area contributed by atoms with Crippen molar-refractivity contribution in [1.82, 2.24) is 0 Å². The highest BCUT2D eigenvalue weighted by molar-refractivity contribution is 6.03. The lowest BCUT2D eigenvalue weighted by molar-refractivity contribution is -0.132. The summed E-state index contributed by atoms with van der Waals surface area (Å²) in [6.45, 7) is 0. The standard InChI is InChI=1S/C31H24N2O6/c34-27(16-18-29(36)37)32-23-12-8-21(9-13-23)31(26-7-3-5-20-4-1-2-6-25(20)26)22-10-14-24(15-11-22)33-28(35)17-19-30(38)39/h1-19,31H,(H,32,34)(H,33,35)(H,36,37)(H,38,39)/b18-16+,19-17+. The highest BCUT2D eigenvalue weighted by atomic mass is 16.4. The predicted molar refractivity (Wildman–Crippen MR) is 149 cm³/mol. The number of amides is 2. The molecule has 0 heterocycles. The highest BCUT2D eigenvalue weighted by Gasteiger charge is 2.19. The number of anilines is 2. The van der Waals surface area contributed by atoms with E-state index >= 15 is 0 Å². The lowest BCUT2D eigenvalue weighted by atomic mass is 9.82. The van der Waals surface area contributed by atoms with E-state index in [4.69, 9.17) is 10.2 Å². The number of rotatable bonds is 9. The van der Waals surface area contributed by atoms with E-state index in [1.165, 1.54) is 0 Å². The van der Waals surface area contributed by atoms with E-state index in [0.717, 1.165) is 51.8 Å². The van der Waals surface area contributed by atoms with Crippen molar-refractivity contribution in [1.29, 1.82) is 0 Å². The van der Waals surface area contributed by atoms with Gasteiger partial charge in [-0.1, -0.05) is 66.7 Å². The number of hydrogen-bond acceptors (Lipinski definition) is 4. The van der Waals surface area contributed by atoms with Crippen LogP contribution in [-0.4, -0.2) is 34.0 Å². The quantitative estimate of drug-likeness (QED) is 0.178. The summed E-state index contributed by atoms with van der Waals surface area (Å²) in [5.74, 6) is -3.70. The number of fused-ring (bicyclic) bond motifs is 1. The average molecular weight is 521 g/mol. The van der Waals surface area contributed by atoms with Crippen molar-refractivity contribution in [2.75, 3.05) is 10.6 Å². The van der Waals surface area contributed by atoms with Crippen LogP contribution in [0.3, 0.4) is 0 Å². The maximum atomic E-state index is 12.0. The molecule has 0 spiro atoms. The molecule has 0 unspecified atom stereocenters. The van der Waals surface area contributed by atoms with E-state index in [9.17, 15) is 19.2 Å². The summed E-state index contributed by atoms with van der Waals surface area (Å²) >= 11 is 0. The fourth-order valence-corrected chi connectivity index (χ4v) is 4.23. The van der Waals surface area contributed by atoms with Gasteiger partial charge in [0.25, 0.3) is 0 Å². The van der Waals surface area contributed by atoms with Crippen molar-refractivity contribution in [3.8, 4) is 0 Å². The third kappa shape index (κ3) is 7.05. The summed E-state index contributed by atoms with van der Waals surface area (Å²) < 4.78 is 0. The van der Waals surface area contributed by atoms with Crippen LogP contribution in [-0.2, 0) is 19.2 Å². The first kappa shape index (κ1) is 26.6. The van der Waals surface area contributed by atoms with E-state index in [0.29, 0.717) is 11.4 Å². The van der Waals surface area contributed by atoms with E-state index in [-0.39, 0.29) is 5.92 Å². The maximum absolute atomic E-state index is 12.0. The van der Waals surface area contributed by atoms with Gasteiger partial charge in [0.15, 0.2) is 0 Å². The largest absolute Gasteiger partial charge is 0.478 e. The van der Waals surface area contributed by atoms with Crippen molar-refractivity contribution in [2.24, 2.45) is 0 Å². The zero-order chi connectivity index (χ0) is 27.8. The fourth-order valence-electron chi connectivity index (χ4n) is 4.23. The van der Waals surface area contributed by atoms with Crippen molar-refractivity contribution in [2.45, 2.75) is 5.92 Å². The number of carbonyl (C=O) groups is 4. The zero-order valence-corrected chi connectivity index (χ0v) is 20.6. The van der Waals surface area contributed by atoms with E-state index in [1.54, 1.807) is 24.3 Å². The minimum absolute atomic E-state index is 0.190. The Morgan fingerprint density at radius 3 is 1.51 bits per heavy atom. The monoisotopic (exact) mass is 520 g/mol. The summed E-state index contributed by atoms with van der Waals surface area (Å²) in [4.78, 5) is 45.3. The van der Waals surface area contributed by atoms with Gasteiger partial charge in [0.1, 0.15) is 0 Å². The summed E-state index contributed by atoms with van der Waals surface area (Å²) in [5.41, 5.74) is 4.00. The van der Waals surface area contributed by atoms with Crippen LogP contribution in [0.5, 0.6) is 0 Å². The van der Waals surface area contributed by atoms with Crippen molar-refractivity contribution >= 4 is 45.9 Å². The number of hydrogen-bond donors (Lipinski definition) is 4. The molecule has 4 rings (SSSR count). The molecule has 0 aromatic heterocycles. The van der Waals surface area contributed by atoms with E-state index in [1.807, 2.05) is 54.6 Å². The Kier molecular flexibility index (Phi) is 8.28. The molecule has 4 aromatic rings.